The molecule has 0 fully saturated rings. The third-order valence-electron chi connectivity index (χ3n) is 4.07. The highest BCUT2D eigenvalue weighted by atomic mass is 15.1. The van der Waals surface area contributed by atoms with Crippen LogP contribution >= 0.6 is 0 Å². The monoisotopic (exact) mass is 297 g/mol. The van der Waals surface area contributed by atoms with E-state index >= 15 is 0 Å². The molecule has 22 heavy (non-hydrogen) atoms. The van der Waals surface area contributed by atoms with Crippen molar-refractivity contribution in [3.05, 3.63) is 59.9 Å². The summed E-state index contributed by atoms with van der Waals surface area (Å²) in [6, 6.07) is 13.2. The minimum absolute atomic E-state index is 0.969. The first-order valence-electron chi connectivity index (χ1n) is 8.21. The molecule has 0 saturated heterocycles. The standard InChI is InChI=1S/C19H27N3/c1-4-21(16-18-11-13-20-14-12-18)15-17-7-9-19(10-8-17)22(5-2)6-3/h7-14H,4-6,15-16H2,1-3H3. The van der Waals surface area contributed by atoms with Crippen LogP contribution in [0, 0.1) is 0 Å². The Labute approximate surface area is 134 Å². The Morgan fingerprint density at radius 2 is 1.27 bits per heavy atom. The Balaban J connectivity index is 1.99. The van der Waals surface area contributed by atoms with Gasteiger partial charge in [0.05, 0.1) is 0 Å². The molecule has 0 bridgehead atoms. The number of anilines is 1. The first-order valence-corrected chi connectivity index (χ1v) is 8.21. The molecule has 0 aliphatic rings. The quantitative estimate of drug-likeness (QED) is 0.735. The van der Waals surface area contributed by atoms with Crippen molar-refractivity contribution >= 4 is 5.69 Å². The summed E-state index contributed by atoms with van der Waals surface area (Å²) in [7, 11) is 0. The van der Waals surface area contributed by atoms with E-state index < -0.39 is 0 Å². The summed E-state index contributed by atoms with van der Waals surface area (Å²) < 4.78 is 0. The van der Waals surface area contributed by atoms with Crippen LogP contribution in [-0.4, -0.2) is 29.5 Å². The summed E-state index contributed by atoms with van der Waals surface area (Å²) in [6.45, 7) is 11.7. The van der Waals surface area contributed by atoms with E-state index in [1.165, 1.54) is 16.8 Å². The number of pyridine rings is 1. The van der Waals surface area contributed by atoms with Gasteiger partial charge in [-0.1, -0.05) is 19.1 Å². The fraction of sp³-hybridized carbons (Fsp3) is 0.421. The Morgan fingerprint density at radius 3 is 1.77 bits per heavy atom. The van der Waals surface area contributed by atoms with Crippen molar-refractivity contribution in [3.63, 3.8) is 0 Å². The number of hydrogen-bond acceptors (Lipinski definition) is 3. The maximum Gasteiger partial charge on any atom is 0.0366 e. The first kappa shape index (κ1) is 16.5. The van der Waals surface area contributed by atoms with Crippen molar-refractivity contribution in [1.29, 1.82) is 0 Å². The number of rotatable bonds is 8. The molecule has 0 aliphatic heterocycles. The van der Waals surface area contributed by atoms with Crippen LogP contribution in [0.1, 0.15) is 31.9 Å². The van der Waals surface area contributed by atoms with Crippen molar-refractivity contribution in [1.82, 2.24) is 9.88 Å². The Hall–Kier alpha value is -1.87. The van der Waals surface area contributed by atoms with Crippen molar-refractivity contribution < 1.29 is 0 Å². The SMILES string of the molecule is CCN(Cc1ccncc1)Cc1ccc(N(CC)CC)cc1. The summed E-state index contributed by atoms with van der Waals surface area (Å²) in [6.07, 6.45) is 3.73. The summed E-state index contributed by atoms with van der Waals surface area (Å²) in [4.78, 5) is 8.90. The minimum atomic E-state index is 0.969. The molecule has 1 aromatic heterocycles. The highest BCUT2D eigenvalue weighted by molar-refractivity contribution is 5.47. The predicted octanol–water partition coefficient (Wildman–Crippen LogP) is 3.95. The zero-order chi connectivity index (χ0) is 15.8. The summed E-state index contributed by atoms with van der Waals surface area (Å²) >= 11 is 0. The maximum absolute atomic E-state index is 4.08. The molecule has 0 radical (unpaired) electrons. The van der Waals surface area contributed by atoms with E-state index in [0.29, 0.717) is 0 Å². The Bertz CT molecular complexity index is 532. The van der Waals surface area contributed by atoms with Gasteiger partial charge in [-0.2, -0.15) is 0 Å². The van der Waals surface area contributed by atoms with Gasteiger partial charge in [-0.15, -0.1) is 0 Å². The van der Waals surface area contributed by atoms with E-state index in [4.69, 9.17) is 0 Å². The number of benzene rings is 1. The normalized spacial score (nSPS) is 10.9. The minimum Gasteiger partial charge on any atom is -0.372 e. The van der Waals surface area contributed by atoms with Crippen LogP contribution in [0.5, 0.6) is 0 Å². The fourth-order valence-corrected chi connectivity index (χ4v) is 2.69. The summed E-state index contributed by atoms with van der Waals surface area (Å²) in [5.74, 6) is 0. The van der Waals surface area contributed by atoms with Crippen molar-refractivity contribution in [2.24, 2.45) is 0 Å². The van der Waals surface area contributed by atoms with Crippen molar-refractivity contribution in [2.75, 3.05) is 24.5 Å². The molecule has 1 heterocycles. The molecule has 2 rings (SSSR count). The lowest BCUT2D eigenvalue weighted by atomic mass is 10.1. The van der Waals surface area contributed by atoms with Crippen LogP contribution in [0.2, 0.25) is 0 Å². The molecule has 1 aromatic carbocycles. The smallest absolute Gasteiger partial charge is 0.0366 e. The molecule has 0 N–H and O–H groups in total. The summed E-state index contributed by atoms with van der Waals surface area (Å²) in [5.41, 5.74) is 3.99. The Morgan fingerprint density at radius 1 is 0.727 bits per heavy atom. The van der Waals surface area contributed by atoms with Gasteiger partial charge >= 0.3 is 0 Å². The molecule has 0 atom stereocenters. The van der Waals surface area contributed by atoms with Crippen LogP contribution in [-0.2, 0) is 13.1 Å². The molecule has 0 spiro atoms. The lowest BCUT2D eigenvalue weighted by Gasteiger charge is -2.23. The first-order chi connectivity index (χ1) is 10.8. The zero-order valence-corrected chi connectivity index (χ0v) is 14.0. The second-order valence-electron chi connectivity index (χ2n) is 5.50. The highest BCUT2D eigenvalue weighted by Gasteiger charge is 2.06. The van der Waals surface area contributed by atoms with Crippen molar-refractivity contribution in [3.8, 4) is 0 Å². The molecular formula is C19H27N3. The van der Waals surface area contributed by atoms with Gasteiger partial charge in [0, 0.05) is 44.3 Å². The maximum atomic E-state index is 4.08. The average Bonchev–Trinajstić information content (AvgIpc) is 2.57. The van der Waals surface area contributed by atoms with Gasteiger partial charge in [-0.05, 0) is 55.8 Å². The Kier molecular flexibility index (Phi) is 6.41. The van der Waals surface area contributed by atoms with Crippen LogP contribution < -0.4 is 4.90 Å². The lowest BCUT2D eigenvalue weighted by Crippen LogP contribution is -2.23. The second-order valence-corrected chi connectivity index (χ2v) is 5.50. The molecule has 0 amide bonds. The highest BCUT2D eigenvalue weighted by Crippen LogP contribution is 2.16. The van der Waals surface area contributed by atoms with E-state index in [9.17, 15) is 0 Å². The molecule has 3 nitrogen and oxygen atoms in total. The van der Waals surface area contributed by atoms with Gasteiger partial charge in [0.1, 0.15) is 0 Å². The van der Waals surface area contributed by atoms with E-state index in [1.807, 2.05) is 12.4 Å². The number of nitrogens with zero attached hydrogens (tertiary/aromatic N) is 3. The third kappa shape index (κ3) is 4.57. The van der Waals surface area contributed by atoms with Crippen LogP contribution in [0.25, 0.3) is 0 Å². The second kappa shape index (κ2) is 8.54. The van der Waals surface area contributed by atoms with Gasteiger partial charge in [-0.3, -0.25) is 9.88 Å². The topological polar surface area (TPSA) is 19.4 Å². The van der Waals surface area contributed by atoms with E-state index in [-0.39, 0.29) is 0 Å². The van der Waals surface area contributed by atoms with E-state index in [0.717, 1.165) is 32.7 Å². The molecule has 2 aromatic rings. The van der Waals surface area contributed by atoms with Gasteiger partial charge in [0.2, 0.25) is 0 Å². The molecular weight excluding hydrogens is 270 g/mol. The molecule has 0 unspecified atom stereocenters. The van der Waals surface area contributed by atoms with Crippen LogP contribution in [0.15, 0.2) is 48.8 Å². The van der Waals surface area contributed by atoms with Crippen LogP contribution in [0.4, 0.5) is 5.69 Å². The van der Waals surface area contributed by atoms with Gasteiger partial charge < -0.3 is 4.90 Å². The molecule has 118 valence electrons. The third-order valence-corrected chi connectivity index (χ3v) is 4.07. The predicted molar refractivity (Wildman–Crippen MR) is 94.0 cm³/mol. The van der Waals surface area contributed by atoms with E-state index in [2.05, 4.69) is 72.0 Å². The van der Waals surface area contributed by atoms with Crippen molar-refractivity contribution in [2.45, 2.75) is 33.9 Å². The fourth-order valence-electron chi connectivity index (χ4n) is 2.69. The molecule has 0 saturated carbocycles. The van der Waals surface area contributed by atoms with Gasteiger partial charge in [0.25, 0.3) is 0 Å². The number of hydrogen-bond donors (Lipinski definition) is 0. The number of aromatic nitrogens is 1. The van der Waals surface area contributed by atoms with Crippen LogP contribution in [0.3, 0.4) is 0 Å². The average molecular weight is 297 g/mol. The zero-order valence-electron chi connectivity index (χ0n) is 14.0. The molecule has 0 aliphatic carbocycles. The molecule has 3 heteroatoms. The van der Waals surface area contributed by atoms with Gasteiger partial charge in [-0.25, -0.2) is 0 Å². The largest absolute Gasteiger partial charge is 0.372 e. The van der Waals surface area contributed by atoms with Gasteiger partial charge in [0.15, 0.2) is 0 Å². The lowest BCUT2D eigenvalue weighted by molar-refractivity contribution is 0.271. The summed E-state index contributed by atoms with van der Waals surface area (Å²) in [5, 5.41) is 0. The van der Waals surface area contributed by atoms with E-state index in [1.54, 1.807) is 0 Å².